The number of hydrogen-bond acceptors (Lipinski definition) is 5. The lowest BCUT2D eigenvalue weighted by atomic mass is 10.2. The molecule has 5 nitrogen and oxygen atoms in total. The Balaban J connectivity index is 2.54. The van der Waals surface area contributed by atoms with Crippen LogP contribution < -0.4 is 11.1 Å². The third-order valence-corrected chi connectivity index (χ3v) is 2.03. The quantitative estimate of drug-likeness (QED) is 0.704. The second kappa shape index (κ2) is 4.01. The van der Waals surface area contributed by atoms with Crippen molar-refractivity contribution in [1.82, 2.24) is 10.2 Å². The number of primary amides is 1. The van der Waals surface area contributed by atoms with Gasteiger partial charge in [0.05, 0.1) is 0 Å². The molecule has 1 atom stereocenters. The van der Waals surface area contributed by atoms with Gasteiger partial charge < -0.3 is 11.1 Å². The summed E-state index contributed by atoms with van der Waals surface area (Å²) in [6, 6.07) is -0.349. The molecule has 0 aliphatic carbocycles. The number of nitrogens with two attached hydrogens (primary N) is 1. The van der Waals surface area contributed by atoms with E-state index in [-0.39, 0.29) is 11.9 Å². The van der Waals surface area contributed by atoms with Gasteiger partial charge in [-0.1, -0.05) is 18.3 Å². The summed E-state index contributed by atoms with van der Waals surface area (Å²) in [5, 5.41) is 10.9. The highest BCUT2D eigenvalue weighted by molar-refractivity contribution is 7.13. The number of hydrogen-bond donors (Lipinski definition) is 2. The lowest BCUT2D eigenvalue weighted by Gasteiger charge is -2.10. The van der Waals surface area contributed by atoms with Crippen molar-refractivity contribution >= 4 is 22.4 Å². The minimum atomic E-state index is -0.368. The Hall–Kier alpha value is -1.17. The van der Waals surface area contributed by atoms with Crippen molar-refractivity contribution in [2.24, 2.45) is 5.73 Å². The molecule has 1 amide bonds. The van der Waals surface area contributed by atoms with E-state index >= 15 is 0 Å². The van der Waals surface area contributed by atoms with E-state index < -0.39 is 0 Å². The first-order chi connectivity index (χ1) is 5.74. The maximum Gasteiger partial charge on any atom is 0.239 e. The van der Waals surface area contributed by atoms with Crippen LogP contribution in [-0.2, 0) is 4.79 Å². The molecule has 0 bridgehead atoms. The molecule has 1 aromatic rings. The molecule has 66 valence electrons. The second-order valence-corrected chi connectivity index (χ2v) is 3.08. The van der Waals surface area contributed by atoms with E-state index in [9.17, 15) is 4.79 Å². The van der Waals surface area contributed by atoms with Crippen molar-refractivity contribution in [3.8, 4) is 0 Å². The number of nitrogens with zero attached hydrogens (tertiary/aromatic N) is 2. The van der Waals surface area contributed by atoms with E-state index in [0.717, 1.165) is 0 Å². The van der Waals surface area contributed by atoms with Crippen LogP contribution in [0.1, 0.15) is 13.3 Å². The number of amides is 1. The van der Waals surface area contributed by atoms with Gasteiger partial charge in [-0.25, -0.2) is 0 Å². The molecular weight excluding hydrogens is 176 g/mol. The molecular formula is C6H10N4OS. The van der Waals surface area contributed by atoms with Gasteiger partial charge in [0.1, 0.15) is 11.6 Å². The zero-order chi connectivity index (χ0) is 8.97. The number of anilines is 1. The predicted octanol–water partition coefficient (Wildman–Crippen LogP) is 0.214. The maximum absolute atomic E-state index is 10.8. The van der Waals surface area contributed by atoms with Crippen LogP contribution in [0.15, 0.2) is 5.51 Å². The van der Waals surface area contributed by atoms with E-state index in [1.807, 2.05) is 6.92 Å². The number of rotatable bonds is 4. The average molecular weight is 186 g/mol. The SMILES string of the molecule is CCC(Nc1nncs1)C(N)=O. The van der Waals surface area contributed by atoms with E-state index in [4.69, 9.17) is 5.73 Å². The van der Waals surface area contributed by atoms with Crippen molar-refractivity contribution in [3.63, 3.8) is 0 Å². The molecule has 0 aliphatic rings. The summed E-state index contributed by atoms with van der Waals surface area (Å²) >= 11 is 1.34. The zero-order valence-electron chi connectivity index (χ0n) is 6.65. The van der Waals surface area contributed by atoms with Gasteiger partial charge in [-0.2, -0.15) is 0 Å². The van der Waals surface area contributed by atoms with Crippen LogP contribution in [0.25, 0.3) is 0 Å². The molecule has 1 aromatic heterocycles. The van der Waals surface area contributed by atoms with E-state index in [1.54, 1.807) is 5.51 Å². The highest BCUT2D eigenvalue weighted by atomic mass is 32.1. The molecule has 1 rings (SSSR count). The Morgan fingerprint density at radius 2 is 2.67 bits per heavy atom. The minimum absolute atomic E-state index is 0.349. The summed E-state index contributed by atoms with van der Waals surface area (Å²) in [5.74, 6) is -0.368. The van der Waals surface area contributed by atoms with E-state index in [1.165, 1.54) is 11.3 Å². The minimum Gasteiger partial charge on any atom is -0.368 e. The second-order valence-electron chi connectivity index (χ2n) is 2.25. The van der Waals surface area contributed by atoms with Gasteiger partial charge in [-0.05, 0) is 6.42 Å². The van der Waals surface area contributed by atoms with Gasteiger partial charge in [-0.15, -0.1) is 10.2 Å². The van der Waals surface area contributed by atoms with Crippen molar-refractivity contribution in [1.29, 1.82) is 0 Å². The first-order valence-electron chi connectivity index (χ1n) is 3.56. The van der Waals surface area contributed by atoms with Crippen LogP contribution in [0.2, 0.25) is 0 Å². The molecule has 0 aromatic carbocycles. The molecule has 0 fully saturated rings. The van der Waals surface area contributed by atoms with Crippen LogP contribution in [0.5, 0.6) is 0 Å². The third kappa shape index (κ3) is 2.16. The van der Waals surface area contributed by atoms with Gasteiger partial charge in [0.15, 0.2) is 0 Å². The fraction of sp³-hybridized carbons (Fsp3) is 0.500. The fourth-order valence-electron chi connectivity index (χ4n) is 0.759. The smallest absolute Gasteiger partial charge is 0.239 e. The Morgan fingerprint density at radius 1 is 1.92 bits per heavy atom. The van der Waals surface area contributed by atoms with Crippen molar-refractivity contribution in [2.75, 3.05) is 5.32 Å². The first-order valence-corrected chi connectivity index (χ1v) is 4.44. The molecule has 0 radical (unpaired) electrons. The van der Waals surface area contributed by atoms with Crippen molar-refractivity contribution in [2.45, 2.75) is 19.4 Å². The average Bonchev–Trinajstić information content (AvgIpc) is 2.51. The number of aromatic nitrogens is 2. The number of carbonyl (C=O) groups excluding carboxylic acids is 1. The van der Waals surface area contributed by atoms with Crippen LogP contribution in [-0.4, -0.2) is 22.1 Å². The lowest BCUT2D eigenvalue weighted by molar-refractivity contribution is -0.118. The predicted molar refractivity (Wildman–Crippen MR) is 46.8 cm³/mol. The first kappa shape index (κ1) is 8.92. The van der Waals surface area contributed by atoms with Gasteiger partial charge in [0.2, 0.25) is 11.0 Å². The molecule has 0 aliphatic heterocycles. The Kier molecular flexibility index (Phi) is 2.98. The summed E-state index contributed by atoms with van der Waals surface area (Å²) < 4.78 is 0. The molecule has 0 saturated heterocycles. The highest BCUT2D eigenvalue weighted by Crippen LogP contribution is 2.10. The van der Waals surface area contributed by atoms with Gasteiger partial charge in [-0.3, -0.25) is 4.79 Å². The Bertz CT molecular complexity index is 248. The molecule has 0 saturated carbocycles. The zero-order valence-corrected chi connectivity index (χ0v) is 7.47. The van der Waals surface area contributed by atoms with Crippen molar-refractivity contribution < 1.29 is 4.79 Å². The Labute approximate surface area is 74.0 Å². The summed E-state index contributed by atoms with van der Waals surface area (Å²) in [7, 11) is 0. The lowest BCUT2D eigenvalue weighted by Crippen LogP contribution is -2.34. The van der Waals surface area contributed by atoms with Gasteiger partial charge in [0, 0.05) is 0 Å². The summed E-state index contributed by atoms with van der Waals surface area (Å²) in [5.41, 5.74) is 6.71. The van der Waals surface area contributed by atoms with Crippen LogP contribution >= 0.6 is 11.3 Å². The summed E-state index contributed by atoms with van der Waals surface area (Å²) in [6.07, 6.45) is 0.648. The van der Waals surface area contributed by atoms with Crippen LogP contribution in [0.3, 0.4) is 0 Å². The molecule has 1 heterocycles. The standard InChI is InChI=1S/C6H10N4OS/c1-2-4(5(7)11)9-6-10-8-3-12-6/h3-4H,2H2,1H3,(H2,7,11)(H,9,10). The number of nitrogens with one attached hydrogen (secondary N) is 1. The van der Waals surface area contributed by atoms with Crippen LogP contribution in [0.4, 0.5) is 5.13 Å². The maximum atomic E-state index is 10.8. The Morgan fingerprint density at radius 3 is 3.08 bits per heavy atom. The van der Waals surface area contributed by atoms with E-state index in [2.05, 4.69) is 15.5 Å². The van der Waals surface area contributed by atoms with Crippen molar-refractivity contribution in [3.05, 3.63) is 5.51 Å². The highest BCUT2D eigenvalue weighted by Gasteiger charge is 2.12. The number of carbonyl (C=O) groups is 1. The van der Waals surface area contributed by atoms with Crippen LogP contribution in [0, 0.1) is 0 Å². The molecule has 3 N–H and O–H groups in total. The molecule has 12 heavy (non-hydrogen) atoms. The van der Waals surface area contributed by atoms with E-state index in [0.29, 0.717) is 11.6 Å². The summed E-state index contributed by atoms with van der Waals surface area (Å²) in [4.78, 5) is 10.8. The fourth-order valence-corrected chi connectivity index (χ4v) is 1.26. The van der Waals surface area contributed by atoms with Gasteiger partial charge >= 0.3 is 0 Å². The monoisotopic (exact) mass is 186 g/mol. The molecule has 6 heteroatoms. The topological polar surface area (TPSA) is 80.9 Å². The summed E-state index contributed by atoms with van der Waals surface area (Å²) in [6.45, 7) is 1.88. The largest absolute Gasteiger partial charge is 0.368 e. The molecule has 0 spiro atoms. The van der Waals surface area contributed by atoms with Gasteiger partial charge in [0.25, 0.3) is 0 Å². The third-order valence-electron chi connectivity index (χ3n) is 1.41. The molecule has 1 unspecified atom stereocenters. The normalized spacial score (nSPS) is 12.4.